The van der Waals surface area contributed by atoms with Crippen LogP contribution in [-0.2, 0) is 4.74 Å². The van der Waals surface area contributed by atoms with Crippen molar-refractivity contribution in [2.45, 2.75) is 6.42 Å². The van der Waals surface area contributed by atoms with Crippen molar-refractivity contribution in [3.05, 3.63) is 34.1 Å². The first-order chi connectivity index (χ1) is 8.06. The molecule has 17 heavy (non-hydrogen) atoms. The first-order valence-electron chi connectivity index (χ1n) is 5.20. The van der Waals surface area contributed by atoms with Crippen LogP contribution in [-0.4, -0.2) is 32.2 Å². The van der Waals surface area contributed by atoms with E-state index in [1.165, 1.54) is 12.1 Å². The van der Waals surface area contributed by atoms with Crippen LogP contribution < -0.4 is 4.90 Å². The number of nitrogens with zero attached hydrogens (tertiary/aromatic N) is 2. The molecule has 5 nitrogen and oxygen atoms in total. The number of methoxy groups -OCH3 is 1. The van der Waals surface area contributed by atoms with E-state index in [1.807, 2.05) is 0 Å². The Bertz CT molecular complexity index is 398. The average molecular weight is 242 g/mol. The summed E-state index contributed by atoms with van der Waals surface area (Å²) in [5.74, 6) is -0.482. The van der Waals surface area contributed by atoms with E-state index in [9.17, 15) is 14.5 Å². The fourth-order valence-corrected chi connectivity index (χ4v) is 1.52. The molecule has 0 heterocycles. The molecule has 0 fully saturated rings. The first kappa shape index (κ1) is 13.4. The summed E-state index contributed by atoms with van der Waals surface area (Å²) in [5, 5.41) is 10.8. The van der Waals surface area contributed by atoms with Crippen LogP contribution in [0.15, 0.2) is 18.2 Å². The second kappa shape index (κ2) is 6.15. The van der Waals surface area contributed by atoms with E-state index in [0.717, 1.165) is 12.5 Å². The molecule has 0 N–H and O–H groups in total. The monoisotopic (exact) mass is 242 g/mol. The summed E-state index contributed by atoms with van der Waals surface area (Å²) in [6.45, 7) is 1.13. The van der Waals surface area contributed by atoms with E-state index >= 15 is 0 Å². The number of rotatable bonds is 6. The second-order valence-corrected chi connectivity index (χ2v) is 3.66. The van der Waals surface area contributed by atoms with Gasteiger partial charge in [0.05, 0.1) is 4.92 Å². The topological polar surface area (TPSA) is 55.6 Å². The minimum atomic E-state index is -0.512. The van der Waals surface area contributed by atoms with Crippen LogP contribution in [0.5, 0.6) is 0 Å². The SMILES string of the molecule is COCCCN(C)c1cc(F)ccc1[N+](=O)[O-]. The van der Waals surface area contributed by atoms with Crippen molar-refractivity contribution < 1.29 is 14.1 Å². The van der Waals surface area contributed by atoms with E-state index in [2.05, 4.69) is 0 Å². The maximum absolute atomic E-state index is 13.1. The Labute approximate surface area is 98.9 Å². The van der Waals surface area contributed by atoms with Crippen LogP contribution in [0.4, 0.5) is 15.8 Å². The molecule has 0 aromatic heterocycles. The predicted molar refractivity (Wildman–Crippen MR) is 62.8 cm³/mol. The van der Waals surface area contributed by atoms with Crippen LogP contribution in [0.25, 0.3) is 0 Å². The van der Waals surface area contributed by atoms with Gasteiger partial charge in [0.25, 0.3) is 5.69 Å². The zero-order chi connectivity index (χ0) is 12.8. The molecule has 1 rings (SSSR count). The van der Waals surface area contributed by atoms with Gasteiger partial charge in [0, 0.05) is 39.4 Å². The van der Waals surface area contributed by atoms with Crippen molar-refractivity contribution in [3.63, 3.8) is 0 Å². The average Bonchev–Trinajstić information content (AvgIpc) is 2.28. The van der Waals surface area contributed by atoms with Gasteiger partial charge in [-0.15, -0.1) is 0 Å². The highest BCUT2D eigenvalue weighted by atomic mass is 19.1. The Balaban J connectivity index is 2.86. The van der Waals surface area contributed by atoms with Crippen LogP contribution in [0.2, 0.25) is 0 Å². The van der Waals surface area contributed by atoms with Crippen molar-refractivity contribution in [1.29, 1.82) is 0 Å². The smallest absolute Gasteiger partial charge is 0.292 e. The molecule has 0 bridgehead atoms. The highest BCUT2D eigenvalue weighted by molar-refractivity contribution is 5.62. The Kier molecular flexibility index (Phi) is 4.84. The molecule has 1 aromatic carbocycles. The molecule has 0 spiro atoms. The normalized spacial score (nSPS) is 10.3. The lowest BCUT2D eigenvalue weighted by Crippen LogP contribution is -2.20. The molecule has 0 atom stereocenters. The van der Waals surface area contributed by atoms with Crippen LogP contribution >= 0.6 is 0 Å². The number of nitro groups is 1. The fourth-order valence-electron chi connectivity index (χ4n) is 1.52. The molecule has 94 valence electrons. The summed E-state index contributed by atoms with van der Waals surface area (Å²) in [7, 11) is 3.28. The van der Waals surface area contributed by atoms with Gasteiger partial charge in [0.15, 0.2) is 0 Å². The van der Waals surface area contributed by atoms with Crippen LogP contribution in [0.1, 0.15) is 6.42 Å². The highest BCUT2D eigenvalue weighted by Gasteiger charge is 2.17. The number of halogens is 1. The van der Waals surface area contributed by atoms with Crippen LogP contribution in [0, 0.1) is 15.9 Å². The van der Waals surface area contributed by atoms with E-state index < -0.39 is 10.7 Å². The summed E-state index contributed by atoms with van der Waals surface area (Å²) in [4.78, 5) is 11.9. The Morgan fingerprint density at radius 3 is 2.82 bits per heavy atom. The third kappa shape index (κ3) is 3.67. The van der Waals surface area contributed by atoms with E-state index in [-0.39, 0.29) is 11.4 Å². The summed E-state index contributed by atoms with van der Waals surface area (Å²) < 4.78 is 18.0. The highest BCUT2D eigenvalue weighted by Crippen LogP contribution is 2.27. The summed E-state index contributed by atoms with van der Waals surface area (Å²) >= 11 is 0. The molecule has 1 aromatic rings. The van der Waals surface area contributed by atoms with Crippen molar-refractivity contribution in [2.75, 3.05) is 32.2 Å². The van der Waals surface area contributed by atoms with Gasteiger partial charge in [0.2, 0.25) is 0 Å². The van der Waals surface area contributed by atoms with Gasteiger partial charge in [0.1, 0.15) is 11.5 Å². The summed E-state index contributed by atoms with van der Waals surface area (Å²) in [6.07, 6.45) is 0.723. The minimum absolute atomic E-state index is 0.0914. The van der Waals surface area contributed by atoms with Gasteiger partial charge >= 0.3 is 0 Å². The maximum Gasteiger partial charge on any atom is 0.292 e. The van der Waals surface area contributed by atoms with Crippen molar-refractivity contribution in [2.24, 2.45) is 0 Å². The predicted octanol–water partition coefficient (Wildman–Crippen LogP) is 2.21. The van der Waals surface area contributed by atoms with Gasteiger partial charge < -0.3 is 9.64 Å². The van der Waals surface area contributed by atoms with Gasteiger partial charge in [-0.2, -0.15) is 0 Å². The Hall–Kier alpha value is -1.69. The maximum atomic E-state index is 13.1. The lowest BCUT2D eigenvalue weighted by molar-refractivity contribution is -0.384. The second-order valence-electron chi connectivity index (χ2n) is 3.66. The molecule has 0 radical (unpaired) electrons. The third-order valence-corrected chi connectivity index (χ3v) is 2.39. The molecular formula is C11H15FN2O3. The molecule has 0 unspecified atom stereocenters. The molecule has 0 aliphatic heterocycles. The minimum Gasteiger partial charge on any atom is -0.385 e. The van der Waals surface area contributed by atoms with E-state index in [4.69, 9.17) is 4.74 Å². The fraction of sp³-hybridized carbons (Fsp3) is 0.455. The Morgan fingerprint density at radius 1 is 1.53 bits per heavy atom. The number of hydrogen-bond donors (Lipinski definition) is 0. The quantitative estimate of drug-likeness (QED) is 0.436. The molecule has 0 aliphatic rings. The molecular weight excluding hydrogens is 227 g/mol. The molecule has 0 saturated carbocycles. The van der Waals surface area contributed by atoms with Gasteiger partial charge in [-0.3, -0.25) is 10.1 Å². The summed E-state index contributed by atoms with van der Waals surface area (Å²) in [6, 6.07) is 3.44. The van der Waals surface area contributed by atoms with E-state index in [0.29, 0.717) is 13.2 Å². The number of anilines is 1. The van der Waals surface area contributed by atoms with Crippen LogP contribution in [0.3, 0.4) is 0 Å². The summed E-state index contributed by atoms with van der Waals surface area (Å²) in [5.41, 5.74) is 0.192. The molecule has 6 heteroatoms. The number of hydrogen-bond acceptors (Lipinski definition) is 4. The number of benzene rings is 1. The zero-order valence-electron chi connectivity index (χ0n) is 9.85. The number of nitro benzene ring substituents is 1. The van der Waals surface area contributed by atoms with Gasteiger partial charge in [-0.25, -0.2) is 4.39 Å². The van der Waals surface area contributed by atoms with Gasteiger partial charge in [-0.05, 0) is 12.5 Å². The van der Waals surface area contributed by atoms with Gasteiger partial charge in [-0.1, -0.05) is 0 Å². The van der Waals surface area contributed by atoms with Crippen molar-refractivity contribution >= 4 is 11.4 Å². The standard InChI is InChI=1S/C11H15FN2O3/c1-13(6-3-7-17-2)11-8-9(12)4-5-10(11)14(15)16/h4-5,8H,3,6-7H2,1-2H3. The van der Waals surface area contributed by atoms with E-state index in [1.54, 1.807) is 19.1 Å². The van der Waals surface area contributed by atoms with Crippen molar-refractivity contribution in [3.8, 4) is 0 Å². The first-order valence-corrected chi connectivity index (χ1v) is 5.20. The molecule has 0 aliphatic carbocycles. The zero-order valence-corrected chi connectivity index (χ0v) is 9.85. The molecule has 0 saturated heterocycles. The lowest BCUT2D eigenvalue weighted by atomic mass is 10.2. The largest absolute Gasteiger partial charge is 0.385 e. The third-order valence-electron chi connectivity index (χ3n) is 2.39. The molecule has 0 amide bonds. The van der Waals surface area contributed by atoms with Crippen molar-refractivity contribution in [1.82, 2.24) is 0 Å². The number of ether oxygens (including phenoxy) is 1. The Morgan fingerprint density at radius 2 is 2.24 bits per heavy atom. The lowest BCUT2D eigenvalue weighted by Gasteiger charge is -2.18.